The van der Waals surface area contributed by atoms with Gasteiger partial charge in [0.1, 0.15) is 5.01 Å². The van der Waals surface area contributed by atoms with E-state index in [1.807, 2.05) is 31.2 Å². The molecule has 1 aromatic carbocycles. The SMILES string of the molecule is Cc1ccc(NC(=O)c2nnc(CN3CC[C@@H](C)[C@@H](O)C3)s2)cc1. The van der Waals surface area contributed by atoms with Crippen molar-refractivity contribution in [3.05, 3.63) is 39.8 Å². The van der Waals surface area contributed by atoms with Gasteiger partial charge in [0, 0.05) is 12.2 Å². The van der Waals surface area contributed by atoms with Crippen LogP contribution in [-0.4, -0.2) is 45.3 Å². The zero-order valence-electron chi connectivity index (χ0n) is 13.9. The molecule has 7 heteroatoms. The molecular weight excluding hydrogens is 324 g/mol. The van der Waals surface area contributed by atoms with Gasteiger partial charge in [0.25, 0.3) is 5.91 Å². The van der Waals surface area contributed by atoms with Crippen molar-refractivity contribution in [3.8, 4) is 0 Å². The van der Waals surface area contributed by atoms with Gasteiger partial charge in [-0.05, 0) is 37.9 Å². The molecule has 1 saturated heterocycles. The predicted octanol–water partition coefficient (Wildman–Crippen LogP) is 2.30. The number of nitrogens with zero attached hydrogens (tertiary/aromatic N) is 3. The Balaban J connectivity index is 1.58. The average Bonchev–Trinajstić information content (AvgIpc) is 3.02. The number of carbonyl (C=O) groups is 1. The largest absolute Gasteiger partial charge is 0.392 e. The van der Waals surface area contributed by atoms with Crippen molar-refractivity contribution in [2.45, 2.75) is 32.9 Å². The van der Waals surface area contributed by atoms with Gasteiger partial charge in [-0.15, -0.1) is 10.2 Å². The molecule has 1 aliphatic heterocycles. The van der Waals surface area contributed by atoms with E-state index in [9.17, 15) is 9.90 Å². The van der Waals surface area contributed by atoms with Crippen molar-refractivity contribution in [3.63, 3.8) is 0 Å². The van der Waals surface area contributed by atoms with Crippen LogP contribution in [0.3, 0.4) is 0 Å². The fourth-order valence-electron chi connectivity index (χ4n) is 2.68. The maximum absolute atomic E-state index is 12.2. The maximum atomic E-state index is 12.2. The van der Waals surface area contributed by atoms with Crippen molar-refractivity contribution in [1.29, 1.82) is 0 Å². The molecule has 2 N–H and O–H groups in total. The first kappa shape index (κ1) is 17.0. The van der Waals surface area contributed by atoms with Crippen molar-refractivity contribution in [2.24, 2.45) is 5.92 Å². The molecule has 1 amide bonds. The number of hydrogen-bond acceptors (Lipinski definition) is 6. The Morgan fingerprint density at radius 3 is 2.83 bits per heavy atom. The van der Waals surface area contributed by atoms with Crippen molar-refractivity contribution in [1.82, 2.24) is 15.1 Å². The fraction of sp³-hybridized carbons (Fsp3) is 0.471. The summed E-state index contributed by atoms with van der Waals surface area (Å²) in [6.45, 7) is 6.27. The highest BCUT2D eigenvalue weighted by molar-refractivity contribution is 7.13. The van der Waals surface area contributed by atoms with Crippen LogP contribution in [0.25, 0.3) is 0 Å². The monoisotopic (exact) mass is 346 g/mol. The molecule has 128 valence electrons. The number of anilines is 1. The number of benzene rings is 1. The molecule has 0 unspecified atom stereocenters. The molecule has 6 nitrogen and oxygen atoms in total. The molecule has 1 aliphatic rings. The van der Waals surface area contributed by atoms with Gasteiger partial charge in [0.15, 0.2) is 0 Å². The van der Waals surface area contributed by atoms with E-state index in [1.54, 1.807) is 0 Å². The Bertz CT molecular complexity index is 701. The summed E-state index contributed by atoms with van der Waals surface area (Å²) in [6, 6.07) is 7.63. The Morgan fingerprint density at radius 2 is 2.12 bits per heavy atom. The maximum Gasteiger partial charge on any atom is 0.286 e. The normalized spacial score (nSPS) is 21.6. The molecule has 2 heterocycles. The molecule has 1 fully saturated rings. The van der Waals surface area contributed by atoms with Gasteiger partial charge in [0.2, 0.25) is 5.01 Å². The molecule has 2 aromatic rings. The number of hydrogen-bond donors (Lipinski definition) is 2. The molecule has 1 aromatic heterocycles. The van der Waals surface area contributed by atoms with Crippen LogP contribution in [0.15, 0.2) is 24.3 Å². The highest BCUT2D eigenvalue weighted by atomic mass is 32.1. The van der Waals surface area contributed by atoms with Crippen LogP contribution in [0, 0.1) is 12.8 Å². The van der Waals surface area contributed by atoms with E-state index in [0.717, 1.165) is 29.2 Å². The number of piperidine rings is 1. The number of likely N-dealkylation sites (tertiary alicyclic amines) is 1. The quantitative estimate of drug-likeness (QED) is 0.888. The molecule has 2 atom stereocenters. The topological polar surface area (TPSA) is 78.4 Å². The second-order valence-corrected chi connectivity index (χ2v) is 7.45. The van der Waals surface area contributed by atoms with Crippen LogP contribution in [0.4, 0.5) is 5.69 Å². The number of rotatable bonds is 4. The van der Waals surface area contributed by atoms with Crippen molar-refractivity contribution < 1.29 is 9.90 Å². The summed E-state index contributed by atoms with van der Waals surface area (Å²) >= 11 is 1.30. The second-order valence-electron chi connectivity index (χ2n) is 6.39. The van der Waals surface area contributed by atoms with Crippen LogP contribution < -0.4 is 5.32 Å². The summed E-state index contributed by atoms with van der Waals surface area (Å²) in [6.07, 6.45) is 0.678. The molecule has 0 aliphatic carbocycles. The van der Waals surface area contributed by atoms with E-state index in [2.05, 4.69) is 27.3 Å². The number of aryl methyl sites for hydroxylation is 1. The zero-order chi connectivity index (χ0) is 17.1. The van der Waals surface area contributed by atoms with E-state index < -0.39 is 0 Å². The number of aliphatic hydroxyl groups is 1. The molecular formula is C17H22N4O2S. The lowest BCUT2D eigenvalue weighted by Crippen LogP contribution is -2.42. The minimum atomic E-state index is -0.295. The lowest BCUT2D eigenvalue weighted by Gasteiger charge is -2.33. The van der Waals surface area contributed by atoms with Crippen LogP contribution in [-0.2, 0) is 6.54 Å². The number of amides is 1. The Labute approximate surface area is 145 Å². The summed E-state index contributed by atoms with van der Waals surface area (Å²) < 4.78 is 0. The number of carbonyl (C=O) groups excluding carboxylic acids is 1. The van der Waals surface area contributed by atoms with Crippen LogP contribution in [0.5, 0.6) is 0 Å². The zero-order valence-corrected chi connectivity index (χ0v) is 14.7. The van der Waals surface area contributed by atoms with Gasteiger partial charge < -0.3 is 10.4 Å². The molecule has 24 heavy (non-hydrogen) atoms. The minimum absolute atomic E-state index is 0.241. The van der Waals surface area contributed by atoms with Crippen LogP contribution in [0.1, 0.15) is 33.7 Å². The Hall–Kier alpha value is -1.83. The highest BCUT2D eigenvalue weighted by Gasteiger charge is 2.25. The minimum Gasteiger partial charge on any atom is -0.392 e. The Morgan fingerprint density at radius 1 is 1.38 bits per heavy atom. The predicted molar refractivity (Wildman–Crippen MR) is 94.1 cm³/mol. The van der Waals surface area contributed by atoms with Crippen LogP contribution >= 0.6 is 11.3 Å². The summed E-state index contributed by atoms with van der Waals surface area (Å²) in [5.74, 6) is 0.0985. The second kappa shape index (κ2) is 7.38. The smallest absolute Gasteiger partial charge is 0.286 e. The summed E-state index contributed by atoms with van der Waals surface area (Å²) in [5.41, 5.74) is 1.89. The molecule has 0 saturated carbocycles. The van der Waals surface area contributed by atoms with Gasteiger partial charge in [-0.3, -0.25) is 9.69 Å². The van der Waals surface area contributed by atoms with Gasteiger partial charge in [0.05, 0.1) is 12.6 Å². The number of nitrogens with one attached hydrogen (secondary N) is 1. The van der Waals surface area contributed by atoms with Gasteiger partial charge in [-0.2, -0.15) is 0 Å². The van der Waals surface area contributed by atoms with Gasteiger partial charge >= 0.3 is 0 Å². The fourth-order valence-corrected chi connectivity index (χ4v) is 3.46. The first-order valence-corrected chi connectivity index (χ1v) is 8.94. The number of aromatic nitrogens is 2. The lowest BCUT2D eigenvalue weighted by molar-refractivity contribution is 0.0258. The lowest BCUT2D eigenvalue weighted by atomic mass is 9.96. The number of β-amino-alcohol motifs (C(OH)–C–C–N with tert-alkyl or cyclic N) is 1. The summed E-state index contributed by atoms with van der Waals surface area (Å²) in [4.78, 5) is 14.4. The standard InChI is InChI=1S/C17H22N4O2S/c1-11-3-5-13(6-4-11)18-16(23)17-20-19-15(24-17)10-21-8-7-12(2)14(22)9-21/h3-6,12,14,22H,7-10H2,1-2H3,(H,18,23)/t12-,14+/m1/s1. The number of aliphatic hydroxyl groups excluding tert-OH is 1. The van der Waals surface area contributed by atoms with E-state index in [0.29, 0.717) is 24.0 Å². The molecule has 3 rings (SSSR count). The van der Waals surface area contributed by atoms with Gasteiger partial charge in [-0.25, -0.2) is 0 Å². The van der Waals surface area contributed by atoms with E-state index in [4.69, 9.17) is 0 Å². The summed E-state index contributed by atoms with van der Waals surface area (Å²) in [7, 11) is 0. The third kappa shape index (κ3) is 4.17. The van der Waals surface area contributed by atoms with E-state index >= 15 is 0 Å². The third-order valence-corrected chi connectivity index (χ3v) is 5.24. The van der Waals surface area contributed by atoms with Crippen molar-refractivity contribution in [2.75, 3.05) is 18.4 Å². The average molecular weight is 346 g/mol. The molecule has 0 spiro atoms. The molecule has 0 radical (unpaired) electrons. The van der Waals surface area contributed by atoms with Gasteiger partial charge in [-0.1, -0.05) is 36.0 Å². The third-order valence-electron chi connectivity index (χ3n) is 4.33. The first-order valence-electron chi connectivity index (χ1n) is 8.12. The molecule has 0 bridgehead atoms. The first-order chi connectivity index (χ1) is 11.5. The van der Waals surface area contributed by atoms with Crippen molar-refractivity contribution >= 4 is 22.9 Å². The summed E-state index contributed by atoms with van der Waals surface area (Å²) in [5, 5.41) is 22.1. The highest BCUT2D eigenvalue weighted by Crippen LogP contribution is 2.20. The van der Waals surface area contributed by atoms with Crippen LogP contribution in [0.2, 0.25) is 0 Å². The Kier molecular flexibility index (Phi) is 5.23. The van der Waals surface area contributed by atoms with E-state index in [-0.39, 0.29) is 12.0 Å². The van der Waals surface area contributed by atoms with E-state index in [1.165, 1.54) is 11.3 Å².